The zero-order chi connectivity index (χ0) is 13.9. The van der Waals surface area contributed by atoms with Gasteiger partial charge in [0, 0.05) is 5.41 Å². The van der Waals surface area contributed by atoms with Crippen LogP contribution in [-0.4, -0.2) is 10.2 Å². The summed E-state index contributed by atoms with van der Waals surface area (Å²) in [6, 6.07) is 6.68. The van der Waals surface area contributed by atoms with E-state index < -0.39 is 0 Å². The van der Waals surface area contributed by atoms with Crippen LogP contribution < -0.4 is 0 Å². The molecule has 20 heavy (non-hydrogen) atoms. The van der Waals surface area contributed by atoms with E-state index in [4.69, 9.17) is 11.6 Å². The number of hydrogen-bond donors (Lipinski definition) is 0. The fraction of sp³-hybridized carbons (Fsp3) is 0.375. The average molecular weight is 289 g/mol. The summed E-state index contributed by atoms with van der Waals surface area (Å²) >= 11 is 6.11. The molecule has 0 unspecified atom stereocenters. The lowest BCUT2D eigenvalue weighted by Crippen LogP contribution is -2.18. The van der Waals surface area contributed by atoms with Gasteiger partial charge in [0.15, 0.2) is 0 Å². The van der Waals surface area contributed by atoms with Crippen molar-refractivity contribution >= 4 is 11.6 Å². The van der Waals surface area contributed by atoms with E-state index in [9.17, 15) is 4.39 Å². The van der Waals surface area contributed by atoms with Crippen molar-refractivity contribution in [2.24, 2.45) is 0 Å². The van der Waals surface area contributed by atoms with Gasteiger partial charge in [-0.3, -0.25) is 0 Å². The summed E-state index contributed by atoms with van der Waals surface area (Å²) in [5.74, 6) is 0.205. The van der Waals surface area contributed by atoms with Gasteiger partial charge in [-0.05, 0) is 48.9 Å². The molecule has 2 atom stereocenters. The largest absolute Gasteiger partial charge is 0.206 e. The van der Waals surface area contributed by atoms with E-state index in [0.717, 1.165) is 12.1 Å². The van der Waals surface area contributed by atoms with Crippen molar-refractivity contribution in [1.82, 2.24) is 10.2 Å². The summed E-state index contributed by atoms with van der Waals surface area (Å²) in [7, 11) is 0. The molecule has 2 aliphatic rings. The van der Waals surface area contributed by atoms with Gasteiger partial charge in [0.05, 0.1) is 22.0 Å². The van der Waals surface area contributed by atoms with Gasteiger partial charge in [0.1, 0.15) is 5.82 Å². The van der Waals surface area contributed by atoms with Gasteiger partial charge >= 0.3 is 0 Å². The van der Waals surface area contributed by atoms with Crippen LogP contribution in [0.3, 0.4) is 0 Å². The number of aromatic nitrogens is 2. The summed E-state index contributed by atoms with van der Waals surface area (Å²) in [5.41, 5.74) is 3.42. The minimum absolute atomic E-state index is 0.171. The molecule has 0 N–H and O–H groups in total. The SMILES string of the molecule is C[C@]12CC[C@H](C1)c1cc(-c3c(F)cccc3Cl)nnc12. The molecule has 0 spiro atoms. The Bertz CT molecular complexity index is 695. The smallest absolute Gasteiger partial charge is 0.134 e. The van der Waals surface area contributed by atoms with Crippen molar-refractivity contribution in [3.05, 3.63) is 46.4 Å². The molecule has 0 amide bonds. The number of nitrogens with zero attached hydrogens (tertiary/aromatic N) is 2. The molecule has 4 rings (SSSR count). The quantitative estimate of drug-likeness (QED) is 0.773. The van der Waals surface area contributed by atoms with E-state index in [0.29, 0.717) is 22.2 Å². The van der Waals surface area contributed by atoms with Gasteiger partial charge in [0.25, 0.3) is 0 Å². The van der Waals surface area contributed by atoms with Crippen molar-refractivity contribution < 1.29 is 4.39 Å². The highest BCUT2D eigenvalue weighted by Gasteiger charge is 2.47. The normalized spacial score (nSPS) is 26.9. The number of benzene rings is 1. The van der Waals surface area contributed by atoms with Crippen LogP contribution in [0.1, 0.15) is 43.4 Å². The van der Waals surface area contributed by atoms with Crippen molar-refractivity contribution in [1.29, 1.82) is 0 Å². The first-order chi connectivity index (χ1) is 9.58. The monoisotopic (exact) mass is 288 g/mol. The van der Waals surface area contributed by atoms with Crippen LogP contribution in [0.2, 0.25) is 5.02 Å². The first kappa shape index (κ1) is 12.3. The van der Waals surface area contributed by atoms with Crippen molar-refractivity contribution in [3.63, 3.8) is 0 Å². The second-order valence-electron chi connectivity index (χ2n) is 6.13. The molecule has 1 saturated carbocycles. The van der Waals surface area contributed by atoms with Gasteiger partial charge in [-0.2, -0.15) is 10.2 Å². The molecule has 1 aromatic carbocycles. The van der Waals surface area contributed by atoms with Crippen LogP contribution in [0, 0.1) is 5.82 Å². The fourth-order valence-electron chi connectivity index (χ4n) is 3.77. The maximum Gasteiger partial charge on any atom is 0.134 e. The molecule has 2 bridgehead atoms. The van der Waals surface area contributed by atoms with Crippen LogP contribution in [0.15, 0.2) is 24.3 Å². The first-order valence-corrected chi connectivity index (χ1v) is 7.29. The highest BCUT2D eigenvalue weighted by molar-refractivity contribution is 6.33. The molecular weight excluding hydrogens is 275 g/mol. The van der Waals surface area contributed by atoms with Crippen LogP contribution in [0.25, 0.3) is 11.3 Å². The van der Waals surface area contributed by atoms with E-state index in [1.807, 2.05) is 6.07 Å². The van der Waals surface area contributed by atoms with Crippen molar-refractivity contribution in [2.75, 3.05) is 0 Å². The Hall–Kier alpha value is -1.48. The zero-order valence-corrected chi connectivity index (χ0v) is 11.9. The molecule has 102 valence electrons. The molecule has 2 aromatic rings. The Morgan fingerprint density at radius 2 is 2.20 bits per heavy atom. The van der Waals surface area contributed by atoms with E-state index in [-0.39, 0.29) is 11.2 Å². The van der Waals surface area contributed by atoms with Crippen molar-refractivity contribution in [3.8, 4) is 11.3 Å². The minimum atomic E-state index is -0.346. The highest BCUT2D eigenvalue weighted by Crippen LogP contribution is 2.56. The number of hydrogen-bond acceptors (Lipinski definition) is 2. The molecule has 2 aliphatic carbocycles. The minimum Gasteiger partial charge on any atom is -0.206 e. The van der Waals surface area contributed by atoms with Crippen LogP contribution in [0.5, 0.6) is 0 Å². The van der Waals surface area contributed by atoms with Gasteiger partial charge in [-0.25, -0.2) is 4.39 Å². The van der Waals surface area contributed by atoms with Gasteiger partial charge in [0.2, 0.25) is 0 Å². The molecule has 0 aliphatic heterocycles. The molecule has 2 nitrogen and oxygen atoms in total. The standard InChI is InChI=1S/C16H14ClFN2/c1-16-6-5-9(8-16)10-7-13(19-20-15(10)16)14-11(17)3-2-4-12(14)18/h2-4,7,9H,5-6,8H2,1H3/t9-,16+/m1/s1. The summed E-state index contributed by atoms with van der Waals surface area (Å²) in [4.78, 5) is 0. The lowest BCUT2D eigenvalue weighted by molar-refractivity contribution is 0.484. The molecule has 1 fully saturated rings. The third-order valence-corrected chi connectivity index (χ3v) is 5.11. The predicted molar refractivity (Wildman–Crippen MR) is 76.4 cm³/mol. The van der Waals surface area contributed by atoms with E-state index in [1.54, 1.807) is 12.1 Å². The molecular formula is C16H14ClFN2. The Balaban J connectivity index is 1.89. The van der Waals surface area contributed by atoms with Gasteiger partial charge in [-0.15, -0.1) is 0 Å². The third kappa shape index (κ3) is 1.56. The lowest BCUT2D eigenvalue weighted by Gasteiger charge is -2.22. The molecule has 0 saturated heterocycles. The summed E-state index contributed by atoms with van der Waals surface area (Å²) in [5, 5.41) is 9.01. The Kier molecular flexibility index (Phi) is 2.46. The highest BCUT2D eigenvalue weighted by atomic mass is 35.5. The maximum absolute atomic E-state index is 14.0. The zero-order valence-electron chi connectivity index (χ0n) is 11.2. The Labute approximate surface area is 122 Å². The second kappa shape index (κ2) is 4.01. The predicted octanol–water partition coefficient (Wildman–Crippen LogP) is 4.47. The van der Waals surface area contributed by atoms with E-state index in [1.165, 1.54) is 24.5 Å². The Morgan fingerprint density at radius 1 is 1.35 bits per heavy atom. The summed E-state index contributed by atoms with van der Waals surface area (Å²) in [6.07, 6.45) is 3.52. The second-order valence-corrected chi connectivity index (χ2v) is 6.54. The van der Waals surface area contributed by atoms with E-state index >= 15 is 0 Å². The topological polar surface area (TPSA) is 25.8 Å². The fourth-order valence-corrected chi connectivity index (χ4v) is 4.03. The average Bonchev–Trinajstić information content (AvgIpc) is 2.93. The third-order valence-electron chi connectivity index (χ3n) is 4.80. The van der Waals surface area contributed by atoms with Gasteiger partial charge in [-0.1, -0.05) is 24.6 Å². The Morgan fingerprint density at radius 3 is 3.00 bits per heavy atom. The summed E-state index contributed by atoms with van der Waals surface area (Å²) in [6.45, 7) is 2.25. The van der Waals surface area contributed by atoms with Crippen LogP contribution >= 0.6 is 11.6 Å². The van der Waals surface area contributed by atoms with Crippen LogP contribution in [0.4, 0.5) is 4.39 Å². The lowest BCUT2D eigenvalue weighted by atomic mass is 9.85. The molecule has 4 heteroatoms. The van der Waals surface area contributed by atoms with Gasteiger partial charge < -0.3 is 0 Å². The molecule has 1 aromatic heterocycles. The van der Waals surface area contributed by atoms with Crippen LogP contribution in [-0.2, 0) is 5.41 Å². The molecule has 1 heterocycles. The first-order valence-electron chi connectivity index (χ1n) is 6.91. The summed E-state index contributed by atoms with van der Waals surface area (Å²) < 4.78 is 14.0. The number of rotatable bonds is 1. The number of halogens is 2. The maximum atomic E-state index is 14.0. The van der Waals surface area contributed by atoms with Crippen molar-refractivity contribution in [2.45, 2.75) is 37.5 Å². The van der Waals surface area contributed by atoms with E-state index in [2.05, 4.69) is 17.1 Å². The number of fused-ring (bicyclic) bond motifs is 5. The molecule has 0 radical (unpaired) electrons.